The summed E-state index contributed by atoms with van der Waals surface area (Å²) in [5.74, 6) is -0.525. The van der Waals surface area contributed by atoms with Crippen LogP contribution in [-0.2, 0) is 16.0 Å². The first-order valence-electron chi connectivity index (χ1n) is 3.54. The molecular weight excluding hydrogens is 230 g/mol. The zero-order valence-electron chi connectivity index (χ0n) is 7.15. The highest BCUT2D eigenvalue weighted by atomic mass is 35.5. The van der Waals surface area contributed by atoms with Crippen LogP contribution in [0.1, 0.15) is 5.56 Å². The van der Waals surface area contributed by atoms with E-state index < -0.39 is 10.9 Å². The largest absolute Gasteiger partial charge is 0.469 e. The van der Waals surface area contributed by atoms with Gasteiger partial charge in [0.2, 0.25) is 0 Å². The highest BCUT2D eigenvalue weighted by Crippen LogP contribution is 2.33. The lowest BCUT2D eigenvalue weighted by Gasteiger charge is -1.95. The Morgan fingerprint density at radius 2 is 2.43 bits per heavy atom. The molecule has 0 amide bonds. The molecule has 0 atom stereocenters. The quantitative estimate of drug-likeness (QED) is 0.457. The third-order valence-electron chi connectivity index (χ3n) is 1.48. The maximum atomic E-state index is 10.9. The molecule has 1 aromatic heterocycles. The summed E-state index contributed by atoms with van der Waals surface area (Å²) in [5, 5.41) is 10.4. The van der Waals surface area contributed by atoms with E-state index in [1.807, 2.05) is 0 Å². The van der Waals surface area contributed by atoms with E-state index in [-0.39, 0.29) is 21.3 Å². The molecular formula is C7H6ClNO4S. The molecule has 1 rings (SSSR count). The second kappa shape index (κ2) is 4.39. The highest BCUT2D eigenvalue weighted by Gasteiger charge is 2.20. The number of nitrogens with zero attached hydrogens (tertiary/aromatic N) is 1. The van der Waals surface area contributed by atoms with Crippen molar-refractivity contribution in [3.63, 3.8) is 0 Å². The minimum absolute atomic E-state index is 0.111. The van der Waals surface area contributed by atoms with Gasteiger partial charge in [0.1, 0.15) is 0 Å². The van der Waals surface area contributed by atoms with E-state index in [0.717, 1.165) is 11.3 Å². The Hall–Kier alpha value is -1.14. The van der Waals surface area contributed by atoms with E-state index >= 15 is 0 Å². The molecule has 0 N–H and O–H groups in total. The SMILES string of the molecule is COC(=O)Cc1cc(Cl)sc1[N+](=O)[O-]. The number of carbonyl (C=O) groups excluding carboxylic acids is 1. The standard InChI is InChI=1S/C7H6ClNO4S/c1-13-6(10)3-4-2-5(8)14-7(4)9(11)12/h2H,3H2,1H3. The van der Waals surface area contributed by atoms with Crippen molar-refractivity contribution in [2.75, 3.05) is 7.11 Å². The van der Waals surface area contributed by atoms with Crippen LogP contribution in [0.3, 0.4) is 0 Å². The molecule has 0 bridgehead atoms. The number of rotatable bonds is 3. The van der Waals surface area contributed by atoms with E-state index in [1.165, 1.54) is 13.2 Å². The lowest BCUT2D eigenvalue weighted by Crippen LogP contribution is -2.04. The van der Waals surface area contributed by atoms with E-state index in [4.69, 9.17) is 11.6 Å². The molecule has 0 aliphatic rings. The van der Waals surface area contributed by atoms with E-state index in [0.29, 0.717) is 0 Å². The number of esters is 1. The lowest BCUT2D eigenvalue weighted by atomic mass is 10.2. The number of carbonyl (C=O) groups is 1. The monoisotopic (exact) mass is 235 g/mol. The van der Waals surface area contributed by atoms with Crippen LogP contribution in [0, 0.1) is 10.1 Å². The predicted molar refractivity (Wildman–Crippen MR) is 51.7 cm³/mol. The van der Waals surface area contributed by atoms with Crippen molar-refractivity contribution in [1.29, 1.82) is 0 Å². The Labute approximate surface area is 88.4 Å². The molecule has 14 heavy (non-hydrogen) atoms. The molecule has 0 aromatic carbocycles. The van der Waals surface area contributed by atoms with Crippen LogP contribution in [0.4, 0.5) is 5.00 Å². The molecule has 0 fully saturated rings. The molecule has 0 saturated carbocycles. The van der Waals surface area contributed by atoms with Crippen LogP contribution >= 0.6 is 22.9 Å². The first kappa shape index (κ1) is 10.9. The highest BCUT2D eigenvalue weighted by molar-refractivity contribution is 7.19. The molecule has 0 unspecified atom stereocenters. The normalized spacial score (nSPS) is 9.86. The summed E-state index contributed by atoms with van der Waals surface area (Å²) < 4.78 is 4.69. The molecule has 5 nitrogen and oxygen atoms in total. The molecule has 0 radical (unpaired) electrons. The van der Waals surface area contributed by atoms with E-state index in [9.17, 15) is 14.9 Å². The van der Waals surface area contributed by atoms with E-state index in [1.54, 1.807) is 0 Å². The molecule has 1 aromatic rings. The maximum absolute atomic E-state index is 10.9. The Bertz CT molecular complexity index is 376. The topological polar surface area (TPSA) is 69.4 Å². The Morgan fingerprint density at radius 1 is 1.79 bits per heavy atom. The van der Waals surface area contributed by atoms with Gasteiger partial charge in [0.15, 0.2) is 0 Å². The third-order valence-corrected chi connectivity index (χ3v) is 2.74. The van der Waals surface area contributed by atoms with Crippen molar-refractivity contribution in [3.8, 4) is 0 Å². The zero-order chi connectivity index (χ0) is 10.7. The maximum Gasteiger partial charge on any atom is 0.329 e. The Morgan fingerprint density at radius 3 is 2.93 bits per heavy atom. The van der Waals surface area contributed by atoms with Crippen molar-refractivity contribution in [1.82, 2.24) is 0 Å². The smallest absolute Gasteiger partial charge is 0.329 e. The van der Waals surface area contributed by atoms with Gasteiger partial charge in [-0.05, 0) is 6.07 Å². The van der Waals surface area contributed by atoms with Gasteiger partial charge in [-0.1, -0.05) is 22.9 Å². The van der Waals surface area contributed by atoms with Crippen LogP contribution in [0.5, 0.6) is 0 Å². The third kappa shape index (κ3) is 2.43. The Kier molecular flexibility index (Phi) is 3.43. The van der Waals surface area contributed by atoms with E-state index in [2.05, 4.69) is 4.74 Å². The number of halogens is 1. The average Bonchev–Trinajstić information content (AvgIpc) is 2.46. The van der Waals surface area contributed by atoms with Gasteiger partial charge in [-0.15, -0.1) is 0 Å². The molecule has 1 heterocycles. The van der Waals surface area contributed by atoms with Crippen molar-refractivity contribution in [2.45, 2.75) is 6.42 Å². The van der Waals surface area contributed by atoms with Crippen molar-refractivity contribution >= 4 is 33.9 Å². The van der Waals surface area contributed by atoms with Gasteiger partial charge in [-0.25, -0.2) is 0 Å². The minimum Gasteiger partial charge on any atom is -0.469 e. The fraction of sp³-hybridized carbons (Fsp3) is 0.286. The summed E-state index contributed by atoms with van der Waals surface area (Å²) in [6.45, 7) is 0. The number of thiophene rings is 1. The first-order valence-corrected chi connectivity index (χ1v) is 4.73. The lowest BCUT2D eigenvalue weighted by molar-refractivity contribution is -0.380. The zero-order valence-corrected chi connectivity index (χ0v) is 8.72. The van der Waals surface area contributed by atoms with Crippen molar-refractivity contribution in [3.05, 3.63) is 26.1 Å². The molecule has 0 spiro atoms. The first-order chi connectivity index (χ1) is 6.54. The van der Waals surface area contributed by atoms with Crippen LogP contribution in [0.2, 0.25) is 4.34 Å². The van der Waals surface area contributed by atoms with Gasteiger partial charge >= 0.3 is 11.0 Å². The molecule has 0 aliphatic heterocycles. The second-order valence-corrected chi connectivity index (χ2v) is 4.05. The summed E-state index contributed by atoms with van der Waals surface area (Å²) in [6.07, 6.45) is -0.129. The molecule has 0 aliphatic carbocycles. The molecule has 7 heteroatoms. The van der Waals surface area contributed by atoms with Crippen LogP contribution < -0.4 is 0 Å². The van der Waals surface area contributed by atoms with Gasteiger partial charge in [0.25, 0.3) is 0 Å². The molecule has 0 saturated heterocycles. The fourth-order valence-corrected chi connectivity index (χ4v) is 1.97. The number of methoxy groups -OCH3 is 1. The average molecular weight is 236 g/mol. The number of hydrogen-bond donors (Lipinski definition) is 0. The predicted octanol–water partition coefficient (Wildman–Crippen LogP) is 2.03. The Balaban J connectivity index is 2.95. The summed E-state index contributed by atoms with van der Waals surface area (Å²) in [7, 11) is 1.22. The summed E-state index contributed by atoms with van der Waals surface area (Å²) in [4.78, 5) is 20.8. The minimum atomic E-state index is -0.561. The van der Waals surface area contributed by atoms with Crippen molar-refractivity contribution < 1.29 is 14.5 Å². The van der Waals surface area contributed by atoms with Gasteiger partial charge in [0, 0.05) is 0 Å². The molecule has 76 valence electrons. The van der Waals surface area contributed by atoms with Crippen molar-refractivity contribution in [2.24, 2.45) is 0 Å². The van der Waals surface area contributed by atoms with Gasteiger partial charge in [-0.2, -0.15) is 0 Å². The van der Waals surface area contributed by atoms with Gasteiger partial charge in [0.05, 0.1) is 28.4 Å². The second-order valence-electron chi connectivity index (χ2n) is 2.39. The van der Waals surface area contributed by atoms with Crippen LogP contribution in [-0.4, -0.2) is 18.0 Å². The number of nitro groups is 1. The summed E-state index contributed by atoms with van der Waals surface area (Å²) in [6, 6.07) is 1.40. The number of ether oxygens (including phenoxy) is 1. The van der Waals surface area contributed by atoms with Crippen LogP contribution in [0.15, 0.2) is 6.07 Å². The van der Waals surface area contributed by atoms with Gasteiger partial charge in [-0.3, -0.25) is 14.9 Å². The summed E-state index contributed by atoms with van der Waals surface area (Å²) >= 11 is 6.43. The number of hydrogen-bond acceptors (Lipinski definition) is 5. The van der Waals surface area contributed by atoms with Crippen LogP contribution in [0.25, 0.3) is 0 Å². The summed E-state index contributed by atoms with van der Waals surface area (Å²) in [5.41, 5.74) is 0.289. The van der Waals surface area contributed by atoms with Gasteiger partial charge < -0.3 is 4.74 Å². The fourth-order valence-electron chi connectivity index (χ4n) is 0.895.